The third-order valence-electron chi connectivity index (χ3n) is 5.72. The second kappa shape index (κ2) is 8.54. The van der Waals surface area contributed by atoms with Crippen LogP contribution in [0.2, 0.25) is 0 Å². The lowest BCUT2D eigenvalue weighted by Gasteiger charge is -2.25. The number of methoxy groups -OCH3 is 1. The largest absolute Gasteiger partial charge is 0.497 e. The Hall–Kier alpha value is -3.40. The molecular formula is C26H25NO3. The smallest absolute Gasteiger partial charge is 0.230 e. The normalized spacial score (nSPS) is 18.5. The summed E-state index contributed by atoms with van der Waals surface area (Å²) in [6.45, 7) is 1.99. The Kier molecular flexibility index (Phi) is 5.66. The summed E-state index contributed by atoms with van der Waals surface area (Å²) in [4.78, 5) is 27.3. The molecule has 4 heteroatoms. The highest BCUT2D eigenvalue weighted by Crippen LogP contribution is 2.33. The van der Waals surface area contributed by atoms with Crippen molar-refractivity contribution >= 4 is 17.4 Å². The Morgan fingerprint density at radius 3 is 2.20 bits per heavy atom. The summed E-state index contributed by atoms with van der Waals surface area (Å²) < 4.78 is 5.23. The van der Waals surface area contributed by atoms with Gasteiger partial charge in [0.25, 0.3) is 0 Å². The average Bonchev–Trinajstić information content (AvgIpc) is 3.07. The minimum absolute atomic E-state index is 0.00367. The summed E-state index contributed by atoms with van der Waals surface area (Å²) in [5, 5.41) is 0. The number of ketones is 1. The standard InChI is InChI=1S/C26H25NO3/c1-18-16-23(27(26(18)29)22-12-14-24(30-2)15-13-22)17-19-8-10-21(11-9-19)25(28)20-6-4-3-5-7-20/h3-15,18,23H,16-17H2,1-2H3. The van der Waals surface area contributed by atoms with E-state index in [1.54, 1.807) is 7.11 Å². The van der Waals surface area contributed by atoms with Crippen molar-refractivity contribution in [3.05, 3.63) is 95.6 Å². The lowest BCUT2D eigenvalue weighted by atomic mass is 9.97. The van der Waals surface area contributed by atoms with Crippen LogP contribution in [0.25, 0.3) is 0 Å². The molecule has 1 saturated heterocycles. The first-order chi connectivity index (χ1) is 14.6. The van der Waals surface area contributed by atoms with Crippen LogP contribution in [-0.2, 0) is 11.2 Å². The number of carbonyl (C=O) groups is 2. The number of amides is 1. The van der Waals surface area contributed by atoms with Crippen LogP contribution in [0.15, 0.2) is 78.9 Å². The van der Waals surface area contributed by atoms with Gasteiger partial charge in [0.15, 0.2) is 5.78 Å². The van der Waals surface area contributed by atoms with Gasteiger partial charge in [0.05, 0.1) is 7.11 Å². The minimum Gasteiger partial charge on any atom is -0.497 e. The first-order valence-electron chi connectivity index (χ1n) is 10.2. The molecule has 4 nitrogen and oxygen atoms in total. The third-order valence-corrected chi connectivity index (χ3v) is 5.72. The van der Waals surface area contributed by atoms with Crippen molar-refractivity contribution in [1.82, 2.24) is 0 Å². The van der Waals surface area contributed by atoms with E-state index in [2.05, 4.69) is 0 Å². The maximum atomic E-state index is 12.8. The van der Waals surface area contributed by atoms with Crippen LogP contribution in [0.4, 0.5) is 5.69 Å². The molecule has 0 N–H and O–H groups in total. The van der Waals surface area contributed by atoms with E-state index in [1.807, 2.05) is 90.7 Å². The highest BCUT2D eigenvalue weighted by Gasteiger charge is 2.37. The van der Waals surface area contributed by atoms with Gasteiger partial charge in [-0.3, -0.25) is 9.59 Å². The predicted octanol–water partition coefficient (Wildman–Crippen LogP) is 4.91. The van der Waals surface area contributed by atoms with E-state index in [0.29, 0.717) is 11.1 Å². The summed E-state index contributed by atoms with van der Waals surface area (Å²) >= 11 is 0. The number of hydrogen-bond acceptors (Lipinski definition) is 3. The van der Waals surface area contributed by atoms with Gasteiger partial charge in [0.1, 0.15) is 5.75 Å². The molecule has 0 spiro atoms. The summed E-state index contributed by atoms with van der Waals surface area (Å²) in [5.41, 5.74) is 3.37. The monoisotopic (exact) mass is 399 g/mol. The van der Waals surface area contributed by atoms with E-state index >= 15 is 0 Å². The van der Waals surface area contributed by atoms with E-state index in [9.17, 15) is 9.59 Å². The Labute approximate surface area is 177 Å². The summed E-state index contributed by atoms with van der Waals surface area (Å²) in [5.74, 6) is 0.942. The van der Waals surface area contributed by atoms with Crippen LogP contribution < -0.4 is 9.64 Å². The number of nitrogens with zero attached hydrogens (tertiary/aromatic N) is 1. The first-order valence-corrected chi connectivity index (χ1v) is 10.2. The molecule has 2 atom stereocenters. The van der Waals surface area contributed by atoms with Gasteiger partial charge >= 0.3 is 0 Å². The second-order valence-electron chi connectivity index (χ2n) is 7.79. The van der Waals surface area contributed by atoms with Gasteiger partial charge in [-0.2, -0.15) is 0 Å². The molecule has 1 fully saturated rings. The van der Waals surface area contributed by atoms with Crippen molar-refractivity contribution in [2.24, 2.45) is 5.92 Å². The number of ether oxygens (including phenoxy) is 1. The zero-order chi connectivity index (χ0) is 21.1. The molecule has 30 heavy (non-hydrogen) atoms. The van der Waals surface area contributed by atoms with Crippen LogP contribution >= 0.6 is 0 Å². The summed E-state index contributed by atoms with van der Waals surface area (Å²) in [6, 6.07) is 24.8. The molecule has 152 valence electrons. The van der Waals surface area contributed by atoms with Gasteiger partial charge in [-0.1, -0.05) is 61.5 Å². The van der Waals surface area contributed by atoms with Crippen molar-refractivity contribution in [2.45, 2.75) is 25.8 Å². The third kappa shape index (κ3) is 3.99. The van der Waals surface area contributed by atoms with Crippen molar-refractivity contribution in [1.29, 1.82) is 0 Å². The molecule has 3 aromatic carbocycles. The van der Waals surface area contributed by atoms with Gasteiger partial charge in [-0.25, -0.2) is 0 Å². The maximum absolute atomic E-state index is 12.8. The zero-order valence-corrected chi connectivity index (χ0v) is 17.2. The number of benzene rings is 3. The lowest BCUT2D eigenvalue weighted by molar-refractivity contribution is -0.120. The van der Waals surface area contributed by atoms with Gasteiger partial charge < -0.3 is 9.64 Å². The van der Waals surface area contributed by atoms with E-state index in [4.69, 9.17) is 4.74 Å². The molecule has 1 heterocycles. The maximum Gasteiger partial charge on any atom is 0.230 e. The van der Waals surface area contributed by atoms with Crippen molar-refractivity contribution in [2.75, 3.05) is 12.0 Å². The quantitative estimate of drug-likeness (QED) is 0.553. The summed E-state index contributed by atoms with van der Waals surface area (Å²) in [6.07, 6.45) is 1.57. The molecule has 0 aromatic heterocycles. The molecule has 1 aliphatic heterocycles. The van der Waals surface area contributed by atoms with Crippen LogP contribution in [0.5, 0.6) is 5.75 Å². The lowest BCUT2D eigenvalue weighted by Crippen LogP contribution is -2.35. The van der Waals surface area contributed by atoms with E-state index in [-0.39, 0.29) is 23.7 Å². The fraction of sp³-hybridized carbons (Fsp3) is 0.231. The van der Waals surface area contributed by atoms with Crippen LogP contribution in [-0.4, -0.2) is 24.8 Å². The van der Waals surface area contributed by atoms with Crippen LogP contribution in [0.3, 0.4) is 0 Å². The highest BCUT2D eigenvalue weighted by atomic mass is 16.5. The fourth-order valence-electron chi connectivity index (χ4n) is 4.11. The Balaban J connectivity index is 1.52. The fourth-order valence-corrected chi connectivity index (χ4v) is 4.11. The van der Waals surface area contributed by atoms with Crippen molar-refractivity contribution in [3.63, 3.8) is 0 Å². The molecule has 0 radical (unpaired) electrons. The SMILES string of the molecule is COc1ccc(N2C(=O)C(C)CC2Cc2ccc(C(=O)c3ccccc3)cc2)cc1. The highest BCUT2D eigenvalue weighted by molar-refractivity contribution is 6.08. The minimum atomic E-state index is -0.00367. The van der Waals surface area contributed by atoms with Gasteiger partial charge in [-0.05, 0) is 42.7 Å². The number of hydrogen-bond donors (Lipinski definition) is 0. The zero-order valence-electron chi connectivity index (χ0n) is 17.2. The number of rotatable bonds is 6. The average molecular weight is 399 g/mol. The molecule has 1 amide bonds. The number of anilines is 1. The molecule has 0 aliphatic carbocycles. The first kappa shape index (κ1) is 19.9. The molecule has 1 aliphatic rings. The molecule has 0 saturated carbocycles. The topological polar surface area (TPSA) is 46.6 Å². The number of carbonyl (C=O) groups excluding carboxylic acids is 2. The van der Waals surface area contributed by atoms with Crippen molar-refractivity contribution < 1.29 is 14.3 Å². The predicted molar refractivity (Wildman–Crippen MR) is 118 cm³/mol. The molecule has 4 rings (SSSR count). The Morgan fingerprint density at radius 2 is 1.57 bits per heavy atom. The molecule has 3 aromatic rings. The summed E-state index contributed by atoms with van der Waals surface area (Å²) in [7, 11) is 1.63. The van der Waals surface area contributed by atoms with E-state index in [1.165, 1.54) is 0 Å². The van der Waals surface area contributed by atoms with E-state index < -0.39 is 0 Å². The van der Waals surface area contributed by atoms with Gasteiger partial charge in [-0.15, -0.1) is 0 Å². The molecule has 0 bridgehead atoms. The molecular weight excluding hydrogens is 374 g/mol. The Bertz CT molecular complexity index is 1030. The van der Waals surface area contributed by atoms with Crippen LogP contribution in [0, 0.1) is 5.92 Å². The van der Waals surface area contributed by atoms with Gasteiger partial charge in [0.2, 0.25) is 5.91 Å². The van der Waals surface area contributed by atoms with Crippen LogP contribution in [0.1, 0.15) is 34.8 Å². The van der Waals surface area contributed by atoms with Gasteiger partial charge in [0, 0.05) is 28.8 Å². The van der Waals surface area contributed by atoms with E-state index in [0.717, 1.165) is 29.8 Å². The Morgan fingerprint density at radius 1 is 0.933 bits per heavy atom. The molecule has 2 unspecified atom stereocenters. The second-order valence-corrected chi connectivity index (χ2v) is 7.79. The van der Waals surface area contributed by atoms with Crippen molar-refractivity contribution in [3.8, 4) is 5.75 Å².